The SMILES string of the molecule is C[Si](C)(C)CCOCn1nc(C(=O)N2C[C@@H](F)C[C@@H]2c2cc(F)ccc2F)c2c(=O)[nH]cnc21.C[Si](C)(C)CCOCn1nc(C(=O)N2C[C@@H](F)C[C@@H]2c2cc(F)ccc2F)c2c(N[C@@H]3CCC[C@H]3O)ncnc21.N[C@@H]1CCC[C@H]1O. The number of alkyl halides is 2. The molecule has 0 bridgehead atoms. The van der Waals surface area contributed by atoms with E-state index >= 15 is 0 Å². The van der Waals surface area contributed by atoms with Crippen LogP contribution in [0.3, 0.4) is 0 Å². The average Bonchev–Trinajstić information content (AvgIpc) is 4.46. The molecule has 6 N–H and O–H groups in total. The molecule has 2 saturated carbocycles. The number of nitrogens with one attached hydrogen (secondary N) is 2. The number of halogens is 6. The summed E-state index contributed by atoms with van der Waals surface area (Å²) in [5.41, 5.74) is 4.82. The average molecular weight is 1170 g/mol. The lowest BCUT2D eigenvalue weighted by molar-refractivity contribution is 0.0694. The number of likely N-dealkylation sites (tertiary alicyclic amines) is 2. The van der Waals surface area contributed by atoms with Crippen molar-refractivity contribution in [2.75, 3.05) is 31.6 Å². The second-order valence-corrected chi connectivity index (χ2v) is 34.8. The van der Waals surface area contributed by atoms with E-state index in [9.17, 15) is 45.8 Å². The van der Waals surface area contributed by atoms with Crippen molar-refractivity contribution in [2.45, 2.75) is 165 Å². The molecule has 0 radical (unpaired) electrons. The lowest BCUT2D eigenvalue weighted by Crippen LogP contribution is -2.33. The fourth-order valence-electron chi connectivity index (χ4n) is 10.3. The minimum atomic E-state index is -1.44. The molecule has 19 nitrogen and oxygen atoms in total. The highest BCUT2D eigenvalue weighted by molar-refractivity contribution is 6.76. The Kier molecular flexibility index (Phi) is 19.6. The van der Waals surface area contributed by atoms with Gasteiger partial charge in [0.25, 0.3) is 17.4 Å². The molecule has 2 saturated heterocycles. The van der Waals surface area contributed by atoms with Crippen LogP contribution in [-0.4, -0.2) is 150 Å². The van der Waals surface area contributed by atoms with Gasteiger partial charge in [-0.3, -0.25) is 14.4 Å². The van der Waals surface area contributed by atoms with Gasteiger partial charge >= 0.3 is 0 Å². The van der Waals surface area contributed by atoms with Gasteiger partial charge in [0.15, 0.2) is 22.7 Å². The summed E-state index contributed by atoms with van der Waals surface area (Å²) in [6, 6.07) is 5.41. The van der Waals surface area contributed by atoms with Crippen LogP contribution in [-0.2, 0) is 22.9 Å². The number of fused-ring (bicyclic) bond motifs is 2. The van der Waals surface area contributed by atoms with Crippen molar-refractivity contribution >= 4 is 55.8 Å². The Labute approximate surface area is 466 Å². The van der Waals surface area contributed by atoms with Crippen LogP contribution in [0.4, 0.5) is 32.2 Å². The predicted octanol–water partition coefficient (Wildman–Crippen LogP) is 8.16. The fourth-order valence-corrected chi connectivity index (χ4v) is 11.9. The normalized spacial score (nSPS) is 23.0. The Balaban J connectivity index is 0.000000191. The number of benzene rings is 2. The van der Waals surface area contributed by atoms with Crippen LogP contribution in [0, 0.1) is 23.3 Å². The number of hydrogen-bond donors (Lipinski definition) is 5. The fraction of sp³-hybridized carbons (Fsp3) is 0.556. The number of aliphatic hydroxyl groups excluding tert-OH is 2. The highest BCUT2D eigenvalue weighted by atomic mass is 28.3. The Morgan fingerprint density at radius 2 is 1.20 bits per heavy atom. The Morgan fingerprint density at radius 3 is 1.65 bits per heavy atom. The third-order valence-corrected chi connectivity index (χ3v) is 18.3. The number of nitrogens with two attached hydrogens (primary N) is 1. The second-order valence-electron chi connectivity index (χ2n) is 23.6. The number of anilines is 1. The van der Waals surface area contributed by atoms with Crippen molar-refractivity contribution in [1.29, 1.82) is 0 Å². The summed E-state index contributed by atoms with van der Waals surface area (Å²) in [6.45, 7) is 13.7. The monoisotopic (exact) mass is 1170 g/mol. The number of aromatic nitrogens is 8. The van der Waals surface area contributed by atoms with Crippen molar-refractivity contribution in [3.05, 3.63) is 105 Å². The molecule has 4 fully saturated rings. The molecule has 6 aromatic rings. The third-order valence-electron chi connectivity index (χ3n) is 14.9. The molecule has 2 amide bonds. The van der Waals surface area contributed by atoms with E-state index in [4.69, 9.17) is 20.3 Å². The zero-order chi connectivity index (χ0) is 58.5. The summed E-state index contributed by atoms with van der Waals surface area (Å²) < 4.78 is 100. The van der Waals surface area contributed by atoms with Crippen LogP contribution in [0.15, 0.2) is 53.8 Å². The minimum absolute atomic E-state index is 0.0294. The van der Waals surface area contributed by atoms with Crippen molar-refractivity contribution in [1.82, 2.24) is 49.3 Å². The van der Waals surface area contributed by atoms with Crippen molar-refractivity contribution in [3.63, 3.8) is 0 Å². The Morgan fingerprint density at radius 1 is 0.704 bits per heavy atom. The Bertz CT molecular complexity index is 3220. The van der Waals surface area contributed by atoms with E-state index in [2.05, 4.69) is 74.7 Å². The van der Waals surface area contributed by atoms with Gasteiger partial charge in [0.1, 0.15) is 66.6 Å². The quantitative estimate of drug-likeness (QED) is 0.0349. The highest BCUT2D eigenvalue weighted by Crippen LogP contribution is 2.39. The number of hydrogen-bond acceptors (Lipinski definition) is 14. The zero-order valence-electron chi connectivity index (χ0n) is 46.4. The van der Waals surface area contributed by atoms with Crippen LogP contribution in [0.1, 0.15) is 95.6 Å². The van der Waals surface area contributed by atoms with Gasteiger partial charge in [-0.15, -0.1) is 0 Å². The molecular weight excluding hydrogens is 1100 g/mol. The van der Waals surface area contributed by atoms with Crippen LogP contribution in [0.2, 0.25) is 51.4 Å². The molecule has 440 valence electrons. The molecule has 4 aliphatic rings. The number of ether oxygens (including phenoxy) is 2. The number of nitrogens with zero attached hydrogens (tertiary/aromatic N) is 9. The summed E-state index contributed by atoms with van der Waals surface area (Å²) in [5, 5.41) is 31.5. The number of H-pyrrole nitrogens is 1. The van der Waals surface area contributed by atoms with E-state index in [1.807, 2.05) is 0 Å². The molecular formula is C54H72F6N12O7Si2. The molecule has 2 aromatic carbocycles. The van der Waals surface area contributed by atoms with Crippen molar-refractivity contribution < 1.29 is 55.6 Å². The van der Waals surface area contributed by atoms with Gasteiger partial charge in [0.2, 0.25) is 0 Å². The molecule has 2 aliphatic heterocycles. The molecule has 8 atom stereocenters. The first-order chi connectivity index (χ1) is 38.4. The van der Waals surface area contributed by atoms with Gasteiger partial charge < -0.3 is 45.5 Å². The first-order valence-electron chi connectivity index (χ1n) is 27.4. The maximum absolute atomic E-state index is 14.7. The smallest absolute Gasteiger partial charge is 0.275 e. The third kappa shape index (κ3) is 14.9. The van der Waals surface area contributed by atoms with E-state index in [1.165, 1.54) is 26.9 Å². The largest absolute Gasteiger partial charge is 0.392 e. The molecule has 81 heavy (non-hydrogen) atoms. The van der Waals surface area contributed by atoms with E-state index in [1.54, 1.807) is 0 Å². The van der Waals surface area contributed by atoms with Gasteiger partial charge in [0.05, 0.1) is 55.1 Å². The Hall–Kier alpha value is -6.11. The number of amides is 2. The second kappa shape index (κ2) is 26.0. The minimum Gasteiger partial charge on any atom is -0.392 e. The molecule has 2 aliphatic carbocycles. The summed E-state index contributed by atoms with van der Waals surface area (Å²) in [4.78, 5) is 57.6. The number of carbonyl (C=O) groups is 2. The zero-order valence-corrected chi connectivity index (χ0v) is 48.4. The van der Waals surface area contributed by atoms with Crippen LogP contribution >= 0.6 is 0 Å². The summed E-state index contributed by atoms with van der Waals surface area (Å²) in [5.74, 6) is -3.93. The standard InChI is InChI=1S/C27H35F3N6O3Si.C22H26F3N5O3Si.C5H11NO/c1-40(2,3)10-9-39-15-36-26-23(25(31-14-32-26)33-20-5-4-6-22(20)37)24(34-36)27(38)35-13-17(29)12-21(35)18-11-16(28)7-8-19(18)30;1-34(2,3)7-6-33-12-30-20-18(21(31)27-11-26-20)19(28-30)22(32)29-10-14(24)9-17(29)15-8-13(23)4-5-16(15)25;6-4-2-1-3-5(4)7/h7-8,11,14,17,20-22,37H,4-6,9-10,12-13,15H2,1-3H3,(H,31,32,33);4-5,8,11,14,17H,6-7,9-10,12H2,1-3H3,(H,26,27,31);4-5,7H,1-3,6H2/t17-,20+,21+,22+;14-,17+;4-,5-/m001/s1. The molecule has 27 heteroatoms. The number of carbonyl (C=O) groups excluding carboxylic acids is 2. The lowest BCUT2D eigenvalue weighted by atomic mass is 10.0. The summed E-state index contributed by atoms with van der Waals surface area (Å²) >= 11 is 0. The van der Waals surface area contributed by atoms with Crippen LogP contribution in [0.5, 0.6) is 0 Å². The highest BCUT2D eigenvalue weighted by Gasteiger charge is 2.42. The van der Waals surface area contributed by atoms with Crippen LogP contribution in [0.25, 0.3) is 22.1 Å². The van der Waals surface area contributed by atoms with Crippen LogP contribution < -0.4 is 16.6 Å². The first kappa shape index (κ1) is 61.0. The maximum atomic E-state index is 14.7. The molecule has 6 heterocycles. The molecule has 10 rings (SSSR count). The molecule has 0 spiro atoms. The lowest BCUT2D eigenvalue weighted by Gasteiger charge is -2.24. The van der Waals surface area contributed by atoms with Gasteiger partial charge in [-0.2, -0.15) is 10.2 Å². The topological polar surface area (TPSA) is 245 Å². The number of rotatable bonds is 16. The first-order valence-corrected chi connectivity index (χ1v) is 34.8. The van der Waals surface area contributed by atoms with Gasteiger partial charge in [-0.25, -0.2) is 50.7 Å². The van der Waals surface area contributed by atoms with Crippen molar-refractivity contribution in [2.24, 2.45) is 5.73 Å². The predicted molar refractivity (Wildman–Crippen MR) is 296 cm³/mol. The maximum Gasteiger partial charge on any atom is 0.275 e. The summed E-state index contributed by atoms with van der Waals surface area (Å²) in [6.07, 6.45) is 3.75. The van der Waals surface area contributed by atoms with Gasteiger partial charge in [-0.1, -0.05) is 39.3 Å². The van der Waals surface area contributed by atoms with E-state index < -0.39 is 87.3 Å². The van der Waals surface area contributed by atoms with E-state index in [0.717, 1.165) is 85.5 Å². The van der Waals surface area contributed by atoms with Gasteiger partial charge in [0, 0.05) is 59.4 Å². The molecule has 4 aromatic heterocycles. The van der Waals surface area contributed by atoms with E-state index in [0.29, 0.717) is 36.5 Å². The van der Waals surface area contributed by atoms with Gasteiger partial charge in [-0.05, 0) is 87.0 Å². The van der Waals surface area contributed by atoms with E-state index in [-0.39, 0.29) is 91.1 Å². The summed E-state index contributed by atoms with van der Waals surface area (Å²) in [7, 11) is -2.66. The van der Waals surface area contributed by atoms with Crippen molar-refractivity contribution in [3.8, 4) is 0 Å². The number of aromatic amines is 1. The number of aliphatic hydroxyl groups is 2. The molecule has 0 unspecified atom stereocenters.